The maximum atomic E-state index is 12.0. The van der Waals surface area contributed by atoms with E-state index in [1.807, 2.05) is 43.3 Å². The van der Waals surface area contributed by atoms with Crippen molar-refractivity contribution in [3.63, 3.8) is 0 Å². The van der Waals surface area contributed by atoms with Crippen LogP contribution in [0.15, 0.2) is 48.7 Å². The molecule has 0 spiro atoms. The number of hydrogen-bond acceptors (Lipinski definition) is 3. The van der Waals surface area contributed by atoms with E-state index in [4.69, 9.17) is 0 Å². The average molecular weight is 281 g/mol. The Labute approximate surface area is 121 Å². The number of fused-ring (bicyclic) bond motifs is 1. The fourth-order valence-electron chi connectivity index (χ4n) is 2.06. The van der Waals surface area contributed by atoms with E-state index < -0.39 is 0 Å². The number of rotatable bonds is 3. The molecule has 6 nitrogen and oxygen atoms in total. The number of carbonyl (C=O) groups excluding carboxylic acids is 1. The second kappa shape index (κ2) is 5.62. The van der Waals surface area contributed by atoms with Gasteiger partial charge in [-0.3, -0.25) is 0 Å². The Morgan fingerprint density at radius 3 is 2.81 bits per heavy atom. The summed E-state index contributed by atoms with van der Waals surface area (Å²) in [5.41, 5.74) is 2.30. The second-order valence-electron chi connectivity index (χ2n) is 4.64. The molecule has 0 saturated carbocycles. The lowest BCUT2D eigenvalue weighted by atomic mass is 10.2. The number of amides is 2. The zero-order chi connectivity index (χ0) is 14.7. The lowest BCUT2D eigenvalue weighted by Gasteiger charge is -2.08. The van der Waals surface area contributed by atoms with Gasteiger partial charge >= 0.3 is 6.03 Å². The van der Waals surface area contributed by atoms with Gasteiger partial charge in [0.25, 0.3) is 0 Å². The van der Waals surface area contributed by atoms with Crippen LogP contribution in [0.5, 0.6) is 0 Å². The summed E-state index contributed by atoms with van der Waals surface area (Å²) in [6, 6.07) is 13.1. The van der Waals surface area contributed by atoms with Gasteiger partial charge in [0, 0.05) is 12.7 Å². The first-order valence-corrected chi connectivity index (χ1v) is 6.63. The number of benzene rings is 1. The molecular weight excluding hydrogens is 266 g/mol. The zero-order valence-corrected chi connectivity index (χ0v) is 11.6. The molecule has 0 saturated heterocycles. The van der Waals surface area contributed by atoms with Crippen molar-refractivity contribution in [2.24, 2.45) is 0 Å². The van der Waals surface area contributed by atoms with Gasteiger partial charge in [-0.15, -0.1) is 0 Å². The fourth-order valence-corrected chi connectivity index (χ4v) is 2.06. The van der Waals surface area contributed by atoms with Crippen LogP contribution in [0.1, 0.15) is 11.4 Å². The van der Waals surface area contributed by atoms with Crippen molar-refractivity contribution in [1.82, 2.24) is 19.9 Å². The van der Waals surface area contributed by atoms with E-state index in [1.54, 1.807) is 16.8 Å². The SMILES string of the molecule is Cc1nc2c(NC(=O)NCc3ccccc3)cccn2n1. The predicted molar refractivity (Wildman–Crippen MR) is 80.0 cm³/mol. The van der Waals surface area contributed by atoms with Crippen LogP contribution in [0.2, 0.25) is 0 Å². The van der Waals surface area contributed by atoms with Crippen LogP contribution in [0.3, 0.4) is 0 Å². The molecule has 3 rings (SSSR count). The number of carbonyl (C=O) groups is 1. The second-order valence-corrected chi connectivity index (χ2v) is 4.64. The maximum Gasteiger partial charge on any atom is 0.319 e. The van der Waals surface area contributed by atoms with Gasteiger partial charge in [0.05, 0.1) is 5.69 Å². The molecular formula is C15H15N5O. The molecule has 21 heavy (non-hydrogen) atoms. The molecule has 0 atom stereocenters. The first-order chi connectivity index (χ1) is 10.2. The van der Waals surface area contributed by atoms with Crippen LogP contribution in [-0.2, 0) is 6.54 Å². The lowest BCUT2D eigenvalue weighted by molar-refractivity contribution is 0.252. The van der Waals surface area contributed by atoms with Crippen LogP contribution < -0.4 is 10.6 Å². The number of aromatic nitrogens is 3. The largest absolute Gasteiger partial charge is 0.334 e. The normalized spacial score (nSPS) is 10.5. The Morgan fingerprint density at radius 2 is 2.00 bits per heavy atom. The van der Waals surface area contributed by atoms with Crippen LogP contribution in [-0.4, -0.2) is 20.6 Å². The summed E-state index contributed by atoms with van der Waals surface area (Å²) in [7, 11) is 0. The topological polar surface area (TPSA) is 71.3 Å². The molecule has 0 aliphatic heterocycles. The van der Waals surface area contributed by atoms with E-state index in [9.17, 15) is 4.79 Å². The van der Waals surface area contributed by atoms with Gasteiger partial charge in [-0.2, -0.15) is 5.10 Å². The van der Waals surface area contributed by atoms with Crippen molar-refractivity contribution < 1.29 is 4.79 Å². The molecule has 0 bridgehead atoms. The first kappa shape index (κ1) is 13.1. The van der Waals surface area contributed by atoms with Crippen molar-refractivity contribution in [2.75, 3.05) is 5.32 Å². The van der Waals surface area contributed by atoms with Gasteiger partial charge in [-0.05, 0) is 24.6 Å². The molecule has 2 aromatic heterocycles. The molecule has 2 heterocycles. The number of anilines is 1. The van der Waals surface area contributed by atoms with Crippen LogP contribution >= 0.6 is 0 Å². The fraction of sp³-hybridized carbons (Fsp3) is 0.133. The molecule has 0 radical (unpaired) electrons. The van der Waals surface area contributed by atoms with Crippen molar-refractivity contribution >= 4 is 17.4 Å². The van der Waals surface area contributed by atoms with Gasteiger partial charge in [0.1, 0.15) is 5.82 Å². The number of aryl methyl sites for hydroxylation is 1. The minimum absolute atomic E-state index is 0.271. The highest BCUT2D eigenvalue weighted by molar-refractivity contribution is 5.92. The van der Waals surface area contributed by atoms with Gasteiger partial charge in [-0.1, -0.05) is 30.3 Å². The van der Waals surface area contributed by atoms with Crippen LogP contribution in [0, 0.1) is 6.92 Å². The third kappa shape index (κ3) is 3.00. The third-order valence-electron chi connectivity index (χ3n) is 3.01. The van der Waals surface area contributed by atoms with Crippen LogP contribution in [0.4, 0.5) is 10.5 Å². The quantitative estimate of drug-likeness (QED) is 0.774. The molecule has 0 fully saturated rings. The summed E-state index contributed by atoms with van der Waals surface area (Å²) in [5.74, 6) is 0.661. The minimum atomic E-state index is -0.271. The maximum absolute atomic E-state index is 12.0. The summed E-state index contributed by atoms with van der Waals surface area (Å²) in [6.07, 6.45) is 1.79. The Kier molecular flexibility index (Phi) is 3.51. The predicted octanol–water partition coefficient (Wildman–Crippen LogP) is 2.36. The van der Waals surface area contributed by atoms with E-state index in [-0.39, 0.29) is 6.03 Å². The van der Waals surface area contributed by atoms with Crippen molar-refractivity contribution in [3.05, 3.63) is 60.0 Å². The number of pyridine rings is 1. The summed E-state index contributed by atoms with van der Waals surface area (Å²) in [6.45, 7) is 2.29. The summed E-state index contributed by atoms with van der Waals surface area (Å²) < 4.78 is 1.64. The van der Waals surface area contributed by atoms with E-state index in [0.717, 1.165) is 5.56 Å². The molecule has 0 aliphatic rings. The Bertz CT molecular complexity index is 766. The molecule has 1 aromatic carbocycles. The lowest BCUT2D eigenvalue weighted by Crippen LogP contribution is -2.28. The highest BCUT2D eigenvalue weighted by atomic mass is 16.2. The minimum Gasteiger partial charge on any atom is -0.334 e. The van der Waals surface area contributed by atoms with Gasteiger partial charge in [-0.25, -0.2) is 14.3 Å². The van der Waals surface area contributed by atoms with E-state index in [0.29, 0.717) is 23.7 Å². The van der Waals surface area contributed by atoms with Gasteiger partial charge in [0.15, 0.2) is 5.65 Å². The third-order valence-corrected chi connectivity index (χ3v) is 3.01. The van der Waals surface area contributed by atoms with Gasteiger partial charge in [0.2, 0.25) is 0 Å². The highest BCUT2D eigenvalue weighted by Crippen LogP contribution is 2.14. The van der Waals surface area contributed by atoms with Crippen molar-refractivity contribution in [1.29, 1.82) is 0 Å². The van der Waals surface area contributed by atoms with E-state index >= 15 is 0 Å². The molecule has 0 aliphatic carbocycles. The summed E-state index contributed by atoms with van der Waals surface area (Å²) in [5, 5.41) is 9.82. The highest BCUT2D eigenvalue weighted by Gasteiger charge is 2.08. The van der Waals surface area contributed by atoms with Gasteiger partial charge < -0.3 is 10.6 Å². The Balaban J connectivity index is 1.69. The summed E-state index contributed by atoms with van der Waals surface area (Å²) in [4.78, 5) is 16.3. The van der Waals surface area contributed by atoms with Crippen molar-refractivity contribution in [3.8, 4) is 0 Å². The molecule has 2 N–H and O–H groups in total. The zero-order valence-electron chi connectivity index (χ0n) is 11.6. The molecule has 0 unspecified atom stereocenters. The van der Waals surface area contributed by atoms with E-state index in [1.165, 1.54) is 0 Å². The monoisotopic (exact) mass is 281 g/mol. The first-order valence-electron chi connectivity index (χ1n) is 6.63. The molecule has 3 aromatic rings. The van der Waals surface area contributed by atoms with Crippen LogP contribution in [0.25, 0.3) is 5.65 Å². The number of hydrogen-bond donors (Lipinski definition) is 2. The molecule has 6 heteroatoms. The standard InChI is InChI=1S/C15H15N5O/c1-11-17-14-13(8-5-9-20(14)19-11)18-15(21)16-10-12-6-3-2-4-7-12/h2-9H,10H2,1H3,(H2,16,18,21). The Morgan fingerprint density at radius 1 is 1.19 bits per heavy atom. The Hall–Kier alpha value is -2.89. The smallest absolute Gasteiger partial charge is 0.319 e. The number of nitrogens with zero attached hydrogens (tertiary/aromatic N) is 3. The van der Waals surface area contributed by atoms with Crippen molar-refractivity contribution in [2.45, 2.75) is 13.5 Å². The summed E-state index contributed by atoms with van der Waals surface area (Å²) >= 11 is 0. The average Bonchev–Trinajstić information content (AvgIpc) is 2.88. The van der Waals surface area contributed by atoms with E-state index in [2.05, 4.69) is 20.7 Å². The molecule has 2 amide bonds. The number of nitrogens with one attached hydrogen (secondary N) is 2. The number of urea groups is 1. The molecule has 106 valence electrons.